The molecule has 0 aromatic heterocycles. The Labute approximate surface area is 185 Å². The van der Waals surface area contributed by atoms with Crippen molar-refractivity contribution in [3.05, 3.63) is 35.6 Å². The third-order valence-electron chi connectivity index (χ3n) is 5.57. The first-order chi connectivity index (χ1) is 15.3. The van der Waals surface area contributed by atoms with Crippen LogP contribution in [0.3, 0.4) is 0 Å². The number of ether oxygens (including phenoxy) is 3. The molecule has 0 aliphatic carbocycles. The van der Waals surface area contributed by atoms with Crippen LogP contribution < -0.4 is 10.6 Å². The largest absolute Gasteiger partial charge is 0.379 e. The number of halogens is 1. The number of nitrogens with one attached hydrogen (secondary N) is 2. The quantitative estimate of drug-likeness (QED) is 0.315. The van der Waals surface area contributed by atoms with Crippen molar-refractivity contribution < 1.29 is 18.6 Å². The van der Waals surface area contributed by atoms with Gasteiger partial charge in [0.2, 0.25) is 0 Å². The summed E-state index contributed by atoms with van der Waals surface area (Å²) in [6, 6.07) is 6.86. The van der Waals surface area contributed by atoms with Gasteiger partial charge in [0.05, 0.1) is 38.5 Å². The molecule has 8 heteroatoms. The van der Waals surface area contributed by atoms with Crippen molar-refractivity contribution in [3.63, 3.8) is 0 Å². The van der Waals surface area contributed by atoms with E-state index in [-0.39, 0.29) is 18.0 Å². The summed E-state index contributed by atoms with van der Waals surface area (Å²) < 4.78 is 30.7. The zero-order valence-electron chi connectivity index (χ0n) is 18.7. The molecule has 0 saturated carbocycles. The second-order valence-corrected chi connectivity index (χ2v) is 7.93. The van der Waals surface area contributed by atoms with E-state index in [1.807, 2.05) is 13.0 Å². The van der Waals surface area contributed by atoms with Crippen LogP contribution in [0.15, 0.2) is 29.3 Å². The van der Waals surface area contributed by atoms with Crippen LogP contribution >= 0.6 is 0 Å². The number of aliphatic imine (C=N–C) groups is 1. The number of benzene rings is 1. The molecule has 2 fully saturated rings. The second kappa shape index (κ2) is 13.6. The van der Waals surface area contributed by atoms with Crippen molar-refractivity contribution in [2.24, 2.45) is 4.99 Å². The SMILES string of the molecule is CCNC(=NCC(c1cccc(F)c1)N1CCOCC1)NCCCOCC1CCCO1. The Balaban J connectivity index is 1.50. The average molecular weight is 437 g/mol. The first kappa shape index (κ1) is 23.9. The zero-order chi connectivity index (χ0) is 21.7. The van der Waals surface area contributed by atoms with E-state index in [0.29, 0.717) is 33.0 Å². The number of guanidine groups is 1. The van der Waals surface area contributed by atoms with Gasteiger partial charge in [-0.1, -0.05) is 12.1 Å². The highest BCUT2D eigenvalue weighted by Crippen LogP contribution is 2.23. The molecule has 2 heterocycles. The first-order valence-corrected chi connectivity index (χ1v) is 11.5. The lowest BCUT2D eigenvalue weighted by Gasteiger charge is -2.34. The lowest BCUT2D eigenvalue weighted by atomic mass is 10.0. The van der Waals surface area contributed by atoms with Gasteiger partial charge in [0, 0.05) is 39.4 Å². The summed E-state index contributed by atoms with van der Waals surface area (Å²) in [6.07, 6.45) is 3.41. The molecule has 2 atom stereocenters. The molecule has 174 valence electrons. The van der Waals surface area contributed by atoms with Gasteiger partial charge in [-0.15, -0.1) is 0 Å². The van der Waals surface area contributed by atoms with Crippen LogP contribution in [0.25, 0.3) is 0 Å². The van der Waals surface area contributed by atoms with Gasteiger partial charge in [0.25, 0.3) is 0 Å². The minimum Gasteiger partial charge on any atom is -0.379 e. The van der Waals surface area contributed by atoms with Crippen LogP contribution in [-0.4, -0.2) is 82.7 Å². The van der Waals surface area contributed by atoms with Crippen LogP contribution in [0.4, 0.5) is 4.39 Å². The van der Waals surface area contributed by atoms with Crippen molar-refractivity contribution in [1.82, 2.24) is 15.5 Å². The van der Waals surface area contributed by atoms with Crippen LogP contribution in [0.5, 0.6) is 0 Å². The molecule has 2 unspecified atom stereocenters. The fraction of sp³-hybridized carbons (Fsp3) is 0.696. The fourth-order valence-corrected chi connectivity index (χ4v) is 3.93. The molecule has 3 rings (SSSR count). The predicted molar refractivity (Wildman–Crippen MR) is 120 cm³/mol. The number of nitrogens with zero attached hydrogens (tertiary/aromatic N) is 2. The highest BCUT2D eigenvalue weighted by Gasteiger charge is 2.23. The summed E-state index contributed by atoms with van der Waals surface area (Å²) in [5.74, 6) is 0.559. The Hall–Kier alpha value is -1.74. The summed E-state index contributed by atoms with van der Waals surface area (Å²) in [4.78, 5) is 7.13. The predicted octanol–water partition coefficient (Wildman–Crippen LogP) is 2.34. The van der Waals surface area contributed by atoms with Gasteiger partial charge in [-0.2, -0.15) is 0 Å². The molecular weight excluding hydrogens is 399 g/mol. The van der Waals surface area contributed by atoms with Crippen molar-refractivity contribution in [2.45, 2.75) is 38.3 Å². The molecule has 0 amide bonds. The third kappa shape index (κ3) is 8.37. The van der Waals surface area contributed by atoms with Gasteiger partial charge in [0.1, 0.15) is 5.82 Å². The van der Waals surface area contributed by atoms with E-state index < -0.39 is 0 Å². The topological polar surface area (TPSA) is 67.4 Å². The Morgan fingerprint density at radius 2 is 2.16 bits per heavy atom. The molecular formula is C23H37FN4O3. The highest BCUT2D eigenvalue weighted by molar-refractivity contribution is 5.79. The second-order valence-electron chi connectivity index (χ2n) is 7.93. The lowest BCUT2D eigenvalue weighted by molar-refractivity contribution is 0.0168. The average Bonchev–Trinajstić information content (AvgIpc) is 3.30. The molecule has 0 bridgehead atoms. The first-order valence-electron chi connectivity index (χ1n) is 11.5. The van der Waals surface area contributed by atoms with Crippen LogP contribution in [0.1, 0.15) is 37.8 Å². The van der Waals surface area contributed by atoms with Gasteiger partial charge in [-0.05, 0) is 43.9 Å². The number of rotatable bonds is 11. The molecule has 1 aromatic carbocycles. The molecule has 2 aliphatic rings. The number of hydrogen-bond acceptors (Lipinski definition) is 5. The maximum atomic E-state index is 13.9. The molecule has 2 N–H and O–H groups in total. The van der Waals surface area contributed by atoms with E-state index in [1.54, 1.807) is 12.1 Å². The van der Waals surface area contributed by atoms with Crippen molar-refractivity contribution in [3.8, 4) is 0 Å². The van der Waals surface area contributed by atoms with E-state index >= 15 is 0 Å². The van der Waals surface area contributed by atoms with E-state index in [4.69, 9.17) is 19.2 Å². The minimum absolute atomic E-state index is 0.0183. The summed E-state index contributed by atoms with van der Waals surface area (Å²) in [7, 11) is 0. The van der Waals surface area contributed by atoms with Crippen LogP contribution in [0.2, 0.25) is 0 Å². The molecule has 1 aromatic rings. The Bertz CT molecular complexity index is 664. The van der Waals surface area contributed by atoms with E-state index in [2.05, 4.69) is 15.5 Å². The maximum absolute atomic E-state index is 13.9. The highest BCUT2D eigenvalue weighted by atomic mass is 19.1. The van der Waals surface area contributed by atoms with Crippen LogP contribution in [0, 0.1) is 5.82 Å². The standard InChI is InChI=1S/C23H37FN4O3/c1-2-25-23(26-9-5-12-30-18-21-8-4-13-31-21)27-17-22(28-10-14-29-15-11-28)19-6-3-7-20(24)16-19/h3,6-7,16,21-22H,2,4-5,8-15,17-18H2,1H3,(H2,25,26,27). The zero-order valence-corrected chi connectivity index (χ0v) is 18.7. The Morgan fingerprint density at radius 1 is 1.29 bits per heavy atom. The molecule has 2 aliphatic heterocycles. The monoisotopic (exact) mass is 436 g/mol. The van der Waals surface area contributed by atoms with Crippen molar-refractivity contribution in [1.29, 1.82) is 0 Å². The summed E-state index contributed by atoms with van der Waals surface area (Å²) in [5.41, 5.74) is 0.948. The molecule has 0 spiro atoms. The number of morpholine rings is 1. The molecule has 31 heavy (non-hydrogen) atoms. The molecule has 7 nitrogen and oxygen atoms in total. The van der Waals surface area contributed by atoms with Crippen molar-refractivity contribution in [2.75, 3.05) is 65.8 Å². The normalized spacial score (nSPS) is 21.2. The summed E-state index contributed by atoms with van der Waals surface area (Å²) in [5, 5.41) is 6.68. The molecule has 0 radical (unpaired) electrons. The van der Waals surface area contributed by atoms with Crippen LogP contribution in [-0.2, 0) is 14.2 Å². The Kier molecular flexibility index (Phi) is 10.5. The van der Waals surface area contributed by atoms with Gasteiger partial charge in [-0.25, -0.2) is 4.39 Å². The van der Waals surface area contributed by atoms with Gasteiger partial charge >= 0.3 is 0 Å². The van der Waals surface area contributed by atoms with Gasteiger partial charge in [0.15, 0.2) is 5.96 Å². The minimum atomic E-state index is -0.215. The number of hydrogen-bond donors (Lipinski definition) is 2. The summed E-state index contributed by atoms with van der Waals surface area (Å²) in [6.45, 7) is 9.43. The van der Waals surface area contributed by atoms with Gasteiger partial charge in [-0.3, -0.25) is 9.89 Å². The third-order valence-corrected chi connectivity index (χ3v) is 5.57. The van der Waals surface area contributed by atoms with E-state index in [1.165, 1.54) is 6.07 Å². The van der Waals surface area contributed by atoms with E-state index in [0.717, 1.165) is 63.6 Å². The fourth-order valence-electron chi connectivity index (χ4n) is 3.93. The van der Waals surface area contributed by atoms with Crippen molar-refractivity contribution >= 4 is 5.96 Å². The Morgan fingerprint density at radius 3 is 2.90 bits per heavy atom. The summed E-state index contributed by atoms with van der Waals surface area (Å²) >= 11 is 0. The van der Waals surface area contributed by atoms with E-state index in [9.17, 15) is 4.39 Å². The lowest BCUT2D eigenvalue weighted by Crippen LogP contribution is -2.42. The smallest absolute Gasteiger partial charge is 0.191 e. The van der Waals surface area contributed by atoms with Gasteiger partial charge < -0.3 is 24.8 Å². The maximum Gasteiger partial charge on any atom is 0.191 e. The molecule has 2 saturated heterocycles.